The van der Waals surface area contributed by atoms with E-state index < -0.39 is 0 Å². The molecule has 1 amide bonds. The summed E-state index contributed by atoms with van der Waals surface area (Å²) in [4.78, 5) is 11.7. The van der Waals surface area contributed by atoms with Gasteiger partial charge in [-0.15, -0.1) is 0 Å². The number of rotatable bonds is 6. The molecule has 1 aromatic rings. The number of amides is 1. The van der Waals surface area contributed by atoms with Gasteiger partial charge in [0.05, 0.1) is 6.04 Å². The third-order valence-electron chi connectivity index (χ3n) is 2.79. The van der Waals surface area contributed by atoms with Crippen LogP contribution in [-0.2, 0) is 4.79 Å². The zero-order valence-electron chi connectivity index (χ0n) is 10.9. The molecule has 0 aliphatic rings. The molecule has 1 aromatic carbocycles. The Morgan fingerprint density at radius 2 is 2.17 bits per heavy atom. The number of halogens is 1. The maximum Gasteiger partial charge on any atom is 0.220 e. The second-order valence-corrected chi connectivity index (χ2v) is 5.63. The Labute approximate surface area is 117 Å². The summed E-state index contributed by atoms with van der Waals surface area (Å²) in [6, 6.07) is 8.18. The molecular formula is C14H21BrN2O. The van der Waals surface area contributed by atoms with Crippen LogP contribution in [0, 0.1) is 0 Å². The van der Waals surface area contributed by atoms with Gasteiger partial charge in [-0.3, -0.25) is 4.79 Å². The molecule has 18 heavy (non-hydrogen) atoms. The third-order valence-corrected chi connectivity index (χ3v) is 3.28. The maximum atomic E-state index is 11.7. The molecule has 3 N–H and O–H groups in total. The van der Waals surface area contributed by atoms with Crippen LogP contribution in [0.1, 0.15) is 44.7 Å². The summed E-state index contributed by atoms with van der Waals surface area (Å²) in [6.07, 6.45) is 2.27. The molecule has 3 nitrogen and oxygen atoms in total. The van der Waals surface area contributed by atoms with Crippen molar-refractivity contribution in [1.29, 1.82) is 0 Å². The van der Waals surface area contributed by atoms with Crippen LogP contribution in [0.3, 0.4) is 0 Å². The van der Waals surface area contributed by atoms with Crippen molar-refractivity contribution in [3.05, 3.63) is 34.3 Å². The monoisotopic (exact) mass is 312 g/mol. The molecule has 0 fully saturated rings. The van der Waals surface area contributed by atoms with Crippen LogP contribution >= 0.6 is 15.9 Å². The molecule has 0 saturated carbocycles. The smallest absolute Gasteiger partial charge is 0.220 e. The maximum absolute atomic E-state index is 11.7. The highest BCUT2D eigenvalue weighted by Crippen LogP contribution is 2.17. The predicted octanol–water partition coefficient (Wildman–Crippen LogP) is 3.14. The highest BCUT2D eigenvalue weighted by Gasteiger charge is 2.09. The van der Waals surface area contributed by atoms with Gasteiger partial charge in [-0.2, -0.15) is 0 Å². The van der Waals surface area contributed by atoms with Crippen LogP contribution < -0.4 is 11.1 Å². The van der Waals surface area contributed by atoms with E-state index in [1.807, 2.05) is 38.1 Å². The lowest BCUT2D eigenvalue weighted by Gasteiger charge is -2.15. The van der Waals surface area contributed by atoms with Crippen molar-refractivity contribution in [3.63, 3.8) is 0 Å². The first-order valence-electron chi connectivity index (χ1n) is 6.29. The Morgan fingerprint density at radius 1 is 1.44 bits per heavy atom. The van der Waals surface area contributed by atoms with Gasteiger partial charge in [-0.05, 0) is 44.4 Å². The van der Waals surface area contributed by atoms with Crippen LogP contribution in [-0.4, -0.2) is 11.9 Å². The Kier molecular flexibility index (Phi) is 6.36. The Hall–Kier alpha value is -0.870. The van der Waals surface area contributed by atoms with Crippen LogP contribution in [0.5, 0.6) is 0 Å². The molecule has 2 atom stereocenters. The molecule has 0 heterocycles. The average Bonchev–Trinajstić information content (AvgIpc) is 2.28. The van der Waals surface area contributed by atoms with E-state index in [-0.39, 0.29) is 18.0 Å². The summed E-state index contributed by atoms with van der Waals surface area (Å²) in [5.74, 6) is 0.0862. The zero-order chi connectivity index (χ0) is 13.5. The minimum absolute atomic E-state index is 0.0327. The van der Waals surface area contributed by atoms with E-state index in [4.69, 9.17) is 5.73 Å². The minimum atomic E-state index is 0.0327. The summed E-state index contributed by atoms with van der Waals surface area (Å²) in [7, 11) is 0. The summed E-state index contributed by atoms with van der Waals surface area (Å²) in [5, 5.41) is 3.00. The second kappa shape index (κ2) is 7.54. The summed E-state index contributed by atoms with van der Waals surface area (Å²) in [6.45, 7) is 3.95. The number of carbonyl (C=O) groups excluding carboxylic acids is 1. The number of nitrogens with two attached hydrogens (primary N) is 1. The minimum Gasteiger partial charge on any atom is -0.350 e. The van der Waals surface area contributed by atoms with Crippen molar-refractivity contribution in [2.45, 2.75) is 45.2 Å². The predicted molar refractivity (Wildman–Crippen MR) is 78.2 cm³/mol. The molecule has 0 saturated heterocycles. The van der Waals surface area contributed by atoms with E-state index in [0.717, 1.165) is 22.9 Å². The van der Waals surface area contributed by atoms with Gasteiger partial charge in [0.25, 0.3) is 0 Å². The lowest BCUT2D eigenvalue weighted by molar-refractivity contribution is -0.121. The third kappa shape index (κ3) is 5.65. The summed E-state index contributed by atoms with van der Waals surface area (Å²) >= 11 is 3.43. The summed E-state index contributed by atoms with van der Waals surface area (Å²) < 4.78 is 1.03. The standard InChI is InChI=1S/C14H21BrN2O/c1-10(16)5-3-8-14(18)17-11(2)12-6-4-7-13(15)9-12/h4,6-7,9-11H,3,5,8,16H2,1-2H3,(H,17,18). The SMILES string of the molecule is CC(N)CCCC(=O)NC(C)c1cccc(Br)c1. The second-order valence-electron chi connectivity index (χ2n) is 4.71. The van der Waals surface area contributed by atoms with E-state index in [9.17, 15) is 4.79 Å². The van der Waals surface area contributed by atoms with Crippen LogP contribution in [0.2, 0.25) is 0 Å². The van der Waals surface area contributed by atoms with Gasteiger partial charge in [-0.1, -0.05) is 28.1 Å². The van der Waals surface area contributed by atoms with Gasteiger partial charge in [-0.25, -0.2) is 0 Å². The van der Waals surface area contributed by atoms with E-state index in [1.165, 1.54) is 0 Å². The normalized spacial score (nSPS) is 14.0. The molecule has 1 rings (SSSR count). The number of carbonyl (C=O) groups is 1. The molecule has 2 unspecified atom stereocenters. The largest absolute Gasteiger partial charge is 0.350 e. The molecule has 0 aliphatic carbocycles. The molecule has 0 aromatic heterocycles. The van der Waals surface area contributed by atoms with Crippen LogP contribution in [0.4, 0.5) is 0 Å². The average molecular weight is 313 g/mol. The van der Waals surface area contributed by atoms with Crippen molar-refractivity contribution in [2.24, 2.45) is 5.73 Å². The Balaban J connectivity index is 2.40. The molecule has 0 radical (unpaired) electrons. The van der Waals surface area contributed by atoms with Crippen molar-refractivity contribution in [1.82, 2.24) is 5.32 Å². The highest BCUT2D eigenvalue weighted by atomic mass is 79.9. The van der Waals surface area contributed by atoms with Gasteiger partial charge < -0.3 is 11.1 Å². The molecule has 0 aliphatic heterocycles. The zero-order valence-corrected chi connectivity index (χ0v) is 12.5. The van der Waals surface area contributed by atoms with Gasteiger partial charge in [0.15, 0.2) is 0 Å². The van der Waals surface area contributed by atoms with Crippen molar-refractivity contribution >= 4 is 21.8 Å². The van der Waals surface area contributed by atoms with Crippen molar-refractivity contribution in [2.75, 3.05) is 0 Å². The van der Waals surface area contributed by atoms with E-state index in [0.29, 0.717) is 6.42 Å². The lowest BCUT2D eigenvalue weighted by Crippen LogP contribution is -2.26. The number of hydrogen-bond acceptors (Lipinski definition) is 2. The quantitative estimate of drug-likeness (QED) is 0.847. The van der Waals surface area contributed by atoms with Gasteiger partial charge in [0.2, 0.25) is 5.91 Å². The van der Waals surface area contributed by atoms with E-state index in [1.54, 1.807) is 0 Å². The van der Waals surface area contributed by atoms with Crippen molar-refractivity contribution < 1.29 is 4.79 Å². The first-order chi connectivity index (χ1) is 8.49. The van der Waals surface area contributed by atoms with Gasteiger partial charge >= 0.3 is 0 Å². The number of benzene rings is 1. The summed E-state index contributed by atoms with van der Waals surface area (Å²) in [5.41, 5.74) is 6.75. The van der Waals surface area contributed by atoms with E-state index in [2.05, 4.69) is 21.2 Å². The van der Waals surface area contributed by atoms with Gasteiger partial charge in [0.1, 0.15) is 0 Å². The number of nitrogens with one attached hydrogen (secondary N) is 1. The Bertz CT molecular complexity index is 393. The molecule has 0 spiro atoms. The molecule has 100 valence electrons. The number of hydrogen-bond donors (Lipinski definition) is 2. The molecular weight excluding hydrogens is 292 g/mol. The fourth-order valence-corrected chi connectivity index (χ4v) is 2.17. The van der Waals surface area contributed by atoms with Crippen LogP contribution in [0.15, 0.2) is 28.7 Å². The molecule has 0 bridgehead atoms. The topological polar surface area (TPSA) is 55.1 Å². The van der Waals surface area contributed by atoms with Gasteiger partial charge in [0, 0.05) is 16.9 Å². The lowest BCUT2D eigenvalue weighted by atomic mass is 10.1. The van der Waals surface area contributed by atoms with Crippen LogP contribution in [0.25, 0.3) is 0 Å². The highest BCUT2D eigenvalue weighted by molar-refractivity contribution is 9.10. The molecule has 4 heteroatoms. The Morgan fingerprint density at radius 3 is 2.78 bits per heavy atom. The first-order valence-corrected chi connectivity index (χ1v) is 7.08. The van der Waals surface area contributed by atoms with E-state index >= 15 is 0 Å². The van der Waals surface area contributed by atoms with Crippen molar-refractivity contribution in [3.8, 4) is 0 Å². The fraction of sp³-hybridized carbons (Fsp3) is 0.500. The first kappa shape index (κ1) is 15.2. The fourth-order valence-electron chi connectivity index (χ4n) is 1.76.